The third-order valence-electron chi connectivity index (χ3n) is 5.26. The maximum Gasteiger partial charge on any atom is 0.337 e. The van der Waals surface area contributed by atoms with Crippen LogP contribution in [0.4, 0.5) is 5.69 Å². The van der Waals surface area contributed by atoms with E-state index in [4.69, 9.17) is 14.2 Å². The van der Waals surface area contributed by atoms with Crippen LogP contribution in [0.1, 0.15) is 20.7 Å². The Morgan fingerprint density at radius 2 is 1.76 bits per heavy atom. The molecule has 0 aliphatic carbocycles. The highest BCUT2D eigenvalue weighted by Gasteiger charge is 2.30. The highest BCUT2D eigenvalue weighted by molar-refractivity contribution is 14.1. The number of anilines is 1. The van der Waals surface area contributed by atoms with Crippen molar-refractivity contribution in [1.82, 2.24) is 9.80 Å². The smallest absolute Gasteiger partial charge is 0.337 e. The van der Waals surface area contributed by atoms with Crippen LogP contribution < -0.4 is 14.8 Å². The molecule has 2 aromatic rings. The molecule has 0 radical (unpaired) electrons. The molecule has 1 N–H and O–H groups in total. The number of methoxy groups -OCH3 is 3. The molecule has 1 unspecified atom stereocenters. The van der Waals surface area contributed by atoms with Gasteiger partial charge in [-0.05, 0) is 36.4 Å². The Kier molecular flexibility index (Phi) is 8.50. The molecule has 0 saturated carbocycles. The number of ether oxygens (including phenoxy) is 3. The van der Waals surface area contributed by atoms with Crippen molar-refractivity contribution in [2.24, 2.45) is 0 Å². The molecule has 1 atom stereocenters. The van der Waals surface area contributed by atoms with Gasteiger partial charge in [0.1, 0.15) is 0 Å². The fraction of sp³-hybridized carbons (Fsp3) is 0.348. The zero-order valence-corrected chi connectivity index (χ0v) is 20.8. The molecular weight excluding hydrogens is 541 g/mol. The van der Waals surface area contributed by atoms with E-state index in [9.17, 15) is 14.4 Å². The zero-order chi connectivity index (χ0) is 24.0. The fourth-order valence-corrected chi connectivity index (χ4v) is 4.47. The van der Waals surface area contributed by atoms with Crippen LogP contribution in [0.15, 0.2) is 42.5 Å². The van der Waals surface area contributed by atoms with Gasteiger partial charge in [-0.3, -0.25) is 14.5 Å². The number of rotatable bonds is 7. The maximum absolute atomic E-state index is 13.0. The van der Waals surface area contributed by atoms with Gasteiger partial charge in [0.05, 0.1) is 37.5 Å². The first kappa shape index (κ1) is 24.8. The summed E-state index contributed by atoms with van der Waals surface area (Å²) >= 11 is 2.24. The number of carbonyl (C=O) groups excluding carboxylic acids is 3. The molecular formula is C23H26IN3O6. The van der Waals surface area contributed by atoms with Gasteiger partial charge in [-0.1, -0.05) is 28.7 Å². The summed E-state index contributed by atoms with van der Waals surface area (Å²) in [6.07, 6.45) is 0. The van der Waals surface area contributed by atoms with E-state index < -0.39 is 5.97 Å². The topological polar surface area (TPSA) is 97.4 Å². The summed E-state index contributed by atoms with van der Waals surface area (Å²) in [6.45, 7) is 1.72. The predicted molar refractivity (Wildman–Crippen MR) is 131 cm³/mol. The Bertz CT molecular complexity index is 1030. The molecule has 1 aliphatic rings. The molecule has 10 heteroatoms. The van der Waals surface area contributed by atoms with Crippen LogP contribution >= 0.6 is 22.6 Å². The van der Waals surface area contributed by atoms with Crippen molar-refractivity contribution >= 4 is 46.1 Å². The van der Waals surface area contributed by atoms with Crippen molar-refractivity contribution in [3.63, 3.8) is 0 Å². The number of carbonyl (C=O) groups is 3. The molecule has 1 fully saturated rings. The number of halogens is 1. The molecule has 1 saturated heterocycles. The highest BCUT2D eigenvalue weighted by Crippen LogP contribution is 2.28. The normalized spacial score (nSPS) is 16.1. The average Bonchev–Trinajstić information content (AvgIpc) is 2.83. The summed E-state index contributed by atoms with van der Waals surface area (Å²) in [5, 5.41) is 2.81. The number of esters is 1. The Labute approximate surface area is 206 Å². The summed E-state index contributed by atoms with van der Waals surface area (Å²) < 4.78 is 15.2. The standard InChI is InChI=1S/C23H26IN3O6/c1-31-18-8-7-15(12-19(18)32-2)22(29)27-10-9-26(20(24)13-27)14-21(28)25-17-6-4-5-16(11-17)23(30)33-3/h4-8,11-12,20H,9-10,13-14H2,1-3H3,(H,25,28). The number of hydrogen-bond donors (Lipinski definition) is 1. The van der Waals surface area contributed by atoms with Crippen LogP contribution in [0.3, 0.4) is 0 Å². The van der Waals surface area contributed by atoms with Crippen LogP contribution in [-0.2, 0) is 9.53 Å². The second kappa shape index (κ2) is 11.3. The van der Waals surface area contributed by atoms with Gasteiger partial charge in [0.15, 0.2) is 11.5 Å². The number of benzene rings is 2. The lowest BCUT2D eigenvalue weighted by molar-refractivity contribution is -0.117. The zero-order valence-electron chi connectivity index (χ0n) is 18.7. The summed E-state index contributed by atoms with van der Waals surface area (Å²) in [5.41, 5.74) is 1.41. The summed E-state index contributed by atoms with van der Waals surface area (Å²) in [6, 6.07) is 11.7. The van der Waals surface area contributed by atoms with Crippen LogP contribution in [0.5, 0.6) is 11.5 Å². The molecule has 0 aromatic heterocycles. The third kappa shape index (κ3) is 6.14. The van der Waals surface area contributed by atoms with Crippen molar-refractivity contribution in [1.29, 1.82) is 0 Å². The van der Waals surface area contributed by atoms with Gasteiger partial charge < -0.3 is 24.4 Å². The summed E-state index contributed by atoms with van der Waals surface area (Å²) in [7, 11) is 4.39. The van der Waals surface area contributed by atoms with Gasteiger partial charge in [0, 0.05) is 30.9 Å². The maximum atomic E-state index is 13.0. The van der Waals surface area contributed by atoms with Crippen LogP contribution in [-0.4, -0.2) is 79.1 Å². The SMILES string of the molecule is COC(=O)c1cccc(NC(=O)CN2CCN(C(=O)c3ccc(OC)c(OC)c3)CC2I)c1. The van der Waals surface area contributed by atoms with E-state index in [0.29, 0.717) is 47.9 Å². The lowest BCUT2D eigenvalue weighted by atomic mass is 10.1. The second-order valence-electron chi connectivity index (χ2n) is 7.35. The van der Waals surface area contributed by atoms with Crippen LogP contribution in [0, 0.1) is 0 Å². The molecule has 2 amide bonds. The molecule has 176 valence electrons. The van der Waals surface area contributed by atoms with Gasteiger partial charge in [-0.2, -0.15) is 0 Å². The first-order valence-electron chi connectivity index (χ1n) is 10.2. The Balaban J connectivity index is 1.57. The Morgan fingerprint density at radius 3 is 2.42 bits per heavy atom. The van der Waals surface area contributed by atoms with E-state index in [2.05, 4.69) is 27.9 Å². The second-order valence-corrected chi connectivity index (χ2v) is 8.78. The minimum atomic E-state index is -0.464. The quantitative estimate of drug-likeness (QED) is 0.238. The van der Waals surface area contributed by atoms with Gasteiger partial charge in [0.25, 0.3) is 5.91 Å². The van der Waals surface area contributed by atoms with E-state index in [0.717, 1.165) is 0 Å². The number of hydrogen-bond acceptors (Lipinski definition) is 7. The molecule has 0 spiro atoms. The molecule has 9 nitrogen and oxygen atoms in total. The lowest BCUT2D eigenvalue weighted by Crippen LogP contribution is -2.54. The number of amides is 2. The van der Waals surface area contributed by atoms with E-state index in [1.807, 2.05) is 4.90 Å². The van der Waals surface area contributed by atoms with Crippen LogP contribution in [0.2, 0.25) is 0 Å². The van der Waals surface area contributed by atoms with Crippen molar-refractivity contribution in [3.8, 4) is 11.5 Å². The van der Waals surface area contributed by atoms with E-state index in [1.54, 1.807) is 54.5 Å². The summed E-state index contributed by atoms with van der Waals surface area (Å²) in [5.74, 6) is 0.308. The van der Waals surface area contributed by atoms with E-state index in [1.165, 1.54) is 14.2 Å². The van der Waals surface area contributed by atoms with E-state index >= 15 is 0 Å². The van der Waals surface area contributed by atoms with Gasteiger partial charge >= 0.3 is 5.97 Å². The van der Waals surface area contributed by atoms with Gasteiger partial charge in [-0.25, -0.2) is 4.79 Å². The van der Waals surface area contributed by atoms with Crippen molar-refractivity contribution in [2.75, 3.05) is 52.8 Å². The first-order chi connectivity index (χ1) is 15.9. The molecule has 2 aromatic carbocycles. The minimum Gasteiger partial charge on any atom is -0.493 e. The van der Waals surface area contributed by atoms with Gasteiger partial charge in [0.2, 0.25) is 5.91 Å². The van der Waals surface area contributed by atoms with Crippen molar-refractivity contribution < 1.29 is 28.6 Å². The Hall–Kier alpha value is -2.86. The highest BCUT2D eigenvalue weighted by atomic mass is 127. The number of nitrogens with one attached hydrogen (secondary N) is 1. The first-order valence-corrected chi connectivity index (χ1v) is 11.5. The predicted octanol–water partition coefficient (Wildman–Crippen LogP) is 2.65. The van der Waals surface area contributed by atoms with Gasteiger partial charge in [-0.15, -0.1) is 0 Å². The molecule has 1 heterocycles. The third-order valence-corrected chi connectivity index (χ3v) is 6.44. The van der Waals surface area contributed by atoms with Crippen molar-refractivity contribution in [2.45, 2.75) is 4.05 Å². The number of piperazine rings is 1. The van der Waals surface area contributed by atoms with Crippen molar-refractivity contribution in [3.05, 3.63) is 53.6 Å². The fourth-order valence-electron chi connectivity index (χ4n) is 3.52. The monoisotopic (exact) mass is 567 g/mol. The molecule has 0 bridgehead atoms. The largest absolute Gasteiger partial charge is 0.493 e. The summed E-state index contributed by atoms with van der Waals surface area (Å²) in [4.78, 5) is 41.0. The minimum absolute atomic E-state index is 0.0346. The Morgan fingerprint density at radius 1 is 1.00 bits per heavy atom. The molecule has 33 heavy (non-hydrogen) atoms. The average molecular weight is 567 g/mol. The number of nitrogens with zero attached hydrogens (tertiary/aromatic N) is 2. The van der Waals surface area contributed by atoms with E-state index in [-0.39, 0.29) is 22.4 Å². The lowest BCUT2D eigenvalue weighted by Gasteiger charge is -2.38. The molecule has 1 aliphatic heterocycles. The number of alkyl halides is 1. The molecule has 3 rings (SSSR count). The van der Waals surface area contributed by atoms with Crippen LogP contribution in [0.25, 0.3) is 0 Å².